The molecule has 2 aromatic carbocycles. The number of nitrogens with zero attached hydrogens (tertiary/aromatic N) is 2. The Kier molecular flexibility index (Phi) is 4.97. The summed E-state index contributed by atoms with van der Waals surface area (Å²) >= 11 is 4.63. The Morgan fingerprint density at radius 1 is 1.22 bits per heavy atom. The fourth-order valence-electron chi connectivity index (χ4n) is 1.97. The molecule has 0 fully saturated rings. The van der Waals surface area contributed by atoms with Gasteiger partial charge in [-0.05, 0) is 42.0 Å². The number of thioether (sulfide) groups is 1. The van der Waals surface area contributed by atoms with E-state index in [4.69, 9.17) is 4.74 Å². The molecular formula is C16H13BrFN3OS. The summed E-state index contributed by atoms with van der Waals surface area (Å²) in [5, 5.41) is 7.64. The van der Waals surface area contributed by atoms with Gasteiger partial charge in [0, 0.05) is 15.8 Å². The number of ether oxygens (including phenoxy) is 1. The average molecular weight is 394 g/mol. The summed E-state index contributed by atoms with van der Waals surface area (Å²) in [5.41, 5.74) is 1.54. The van der Waals surface area contributed by atoms with Gasteiger partial charge in [-0.1, -0.05) is 33.8 Å². The van der Waals surface area contributed by atoms with E-state index >= 15 is 0 Å². The topological polar surface area (TPSA) is 50.8 Å². The number of methoxy groups -OCH3 is 1. The molecule has 0 aliphatic heterocycles. The molecule has 118 valence electrons. The number of halogens is 2. The van der Waals surface area contributed by atoms with Crippen LogP contribution in [0.4, 0.5) is 4.39 Å². The summed E-state index contributed by atoms with van der Waals surface area (Å²) < 4.78 is 19.6. The normalized spacial score (nSPS) is 10.7. The summed E-state index contributed by atoms with van der Waals surface area (Å²) in [6.07, 6.45) is 0. The highest BCUT2D eigenvalue weighted by molar-refractivity contribution is 9.10. The van der Waals surface area contributed by atoms with Gasteiger partial charge in [0.2, 0.25) is 5.16 Å². The third kappa shape index (κ3) is 3.92. The van der Waals surface area contributed by atoms with E-state index in [9.17, 15) is 4.39 Å². The highest BCUT2D eigenvalue weighted by Gasteiger charge is 2.09. The molecule has 0 aliphatic carbocycles. The van der Waals surface area contributed by atoms with Gasteiger partial charge < -0.3 is 4.74 Å². The Balaban J connectivity index is 1.69. The molecule has 0 radical (unpaired) electrons. The van der Waals surface area contributed by atoms with Gasteiger partial charge in [0.05, 0.1) is 7.11 Å². The molecule has 3 rings (SSSR count). The van der Waals surface area contributed by atoms with Gasteiger partial charge in [0.25, 0.3) is 0 Å². The molecule has 1 heterocycles. The van der Waals surface area contributed by atoms with Crippen LogP contribution < -0.4 is 4.74 Å². The third-order valence-corrected chi connectivity index (χ3v) is 4.59. The van der Waals surface area contributed by atoms with Gasteiger partial charge >= 0.3 is 0 Å². The van der Waals surface area contributed by atoms with E-state index in [1.807, 2.05) is 30.3 Å². The average Bonchev–Trinajstić information content (AvgIpc) is 3.03. The van der Waals surface area contributed by atoms with Gasteiger partial charge in [-0.25, -0.2) is 9.37 Å². The lowest BCUT2D eigenvalue weighted by Crippen LogP contribution is -1.88. The third-order valence-electron chi connectivity index (χ3n) is 3.20. The minimum atomic E-state index is -0.238. The van der Waals surface area contributed by atoms with Gasteiger partial charge in [0.1, 0.15) is 11.6 Å². The zero-order valence-corrected chi connectivity index (χ0v) is 14.6. The van der Waals surface area contributed by atoms with Crippen LogP contribution in [0.1, 0.15) is 5.56 Å². The molecule has 1 aromatic heterocycles. The highest BCUT2D eigenvalue weighted by Crippen LogP contribution is 2.25. The second-order valence-corrected chi connectivity index (χ2v) is 6.58. The summed E-state index contributed by atoms with van der Waals surface area (Å²) in [4.78, 5) is 4.42. The van der Waals surface area contributed by atoms with Crippen molar-refractivity contribution >= 4 is 27.7 Å². The van der Waals surface area contributed by atoms with E-state index in [2.05, 4.69) is 31.1 Å². The van der Waals surface area contributed by atoms with Crippen LogP contribution in [0.2, 0.25) is 0 Å². The van der Waals surface area contributed by atoms with Crippen molar-refractivity contribution < 1.29 is 9.13 Å². The highest BCUT2D eigenvalue weighted by atomic mass is 79.9. The van der Waals surface area contributed by atoms with Crippen LogP contribution in [0.15, 0.2) is 52.1 Å². The van der Waals surface area contributed by atoms with Crippen LogP contribution in [-0.4, -0.2) is 22.3 Å². The van der Waals surface area contributed by atoms with Crippen molar-refractivity contribution in [2.75, 3.05) is 7.11 Å². The van der Waals surface area contributed by atoms with Gasteiger partial charge in [0.15, 0.2) is 5.82 Å². The van der Waals surface area contributed by atoms with Crippen LogP contribution in [0, 0.1) is 5.82 Å². The monoisotopic (exact) mass is 393 g/mol. The Bertz CT molecular complexity index is 807. The van der Waals surface area contributed by atoms with E-state index in [0.29, 0.717) is 22.3 Å². The number of aromatic nitrogens is 3. The second-order valence-electron chi connectivity index (χ2n) is 4.72. The standard InChI is InChI=1S/C16H13BrFN3OS/c1-22-13-6-3-10(4-7-13)15-19-16(21-20-15)23-9-11-2-5-12(17)8-14(11)18/h2-8H,9H2,1H3,(H,19,20,21). The number of H-pyrrole nitrogens is 1. The molecule has 1 N–H and O–H groups in total. The smallest absolute Gasteiger partial charge is 0.209 e. The number of rotatable bonds is 5. The van der Waals surface area contributed by atoms with Crippen LogP contribution >= 0.6 is 27.7 Å². The van der Waals surface area contributed by atoms with Gasteiger partial charge in [-0.3, -0.25) is 5.10 Å². The molecule has 0 spiro atoms. The van der Waals surface area contributed by atoms with E-state index in [-0.39, 0.29) is 5.82 Å². The number of aromatic amines is 1. The first kappa shape index (κ1) is 16.0. The number of hydrogen-bond donors (Lipinski definition) is 1. The Labute approximate surface area is 145 Å². The fourth-order valence-corrected chi connectivity index (χ4v) is 3.09. The molecule has 0 unspecified atom stereocenters. The largest absolute Gasteiger partial charge is 0.497 e. The predicted molar refractivity (Wildman–Crippen MR) is 92.0 cm³/mol. The van der Waals surface area contributed by atoms with E-state index in [1.54, 1.807) is 13.2 Å². The fraction of sp³-hybridized carbons (Fsp3) is 0.125. The van der Waals surface area contributed by atoms with Crippen molar-refractivity contribution in [3.05, 3.63) is 58.3 Å². The first-order valence-electron chi connectivity index (χ1n) is 6.79. The first-order chi connectivity index (χ1) is 11.2. The molecule has 0 aliphatic rings. The lowest BCUT2D eigenvalue weighted by molar-refractivity contribution is 0.415. The SMILES string of the molecule is COc1ccc(-c2nc(SCc3ccc(Br)cc3F)n[nH]2)cc1. The zero-order chi connectivity index (χ0) is 16.2. The molecule has 3 aromatic rings. The Morgan fingerprint density at radius 3 is 2.70 bits per heavy atom. The van der Waals surface area contributed by atoms with Crippen molar-refractivity contribution in [1.82, 2.24) is 15.2 Å². The van der Waals surface area contributed by atoms with Crippen molar-refractivity contribution in [2.24, 2.45) is 0 Å². The Hall–Kier alpha value is -1.86. The van der Waals surface area contributed by atoms with Crippen LogP contribution in [0.5, 0.6) is 5.75 Å². The van der Waals surface area contributed by atoms with Gasteiger partial charge in [-0.2, -0.15) is 0 Å². The molecular weight excluding hydrogens is 381 g/mol. The molecule has 4 nitrogen and oxygen atoms in total. The Morgan fingerprint density at radius 2 is 2.00 bits per heavy atom. The maximum Gasteiger partial charge on any atom is 0.209 e. The summed E-state index contributed by atoms with van der Waals surface area (Å²) in [5.74, 6) is 1.69. The summed E-state index contributed by atoms with van der Waals surface area (Å²) in [7, 11) is 1.62. The summed E-state index contributed by atoms with van der Waals surface area (Å²) in [6, 6.07) is 12.6. The quantitative estimate of drug-likeness (QED) is 0.639. The summed E-state index contributed by atoms with van der Waals surface area (Å²) in [6.45, 7) is 0. The lowest BCUT2D eigenvalue weighted by atomic mass is 10.2. The number of benzene rings is 2. The minimum Gasteiger partial charge on any atom is -0.497 e. The van der Waals surface area contributed by atoms with E-state index < -0.39 is 0 Å². The zero-order valence-electron chi connectivity index (χ0n) is 12.2. The molecule has 0 atom stereocenters. The number of hydrogen-bond acceptors (Lipinski definition) is 4. The lowest BCUT2D eigenvalue weighted by Gasteiger charge is -2.01. The first-order valence-corrected chi connectivity index (χ1v) is 8.57. The molecule has 0 amide bonds. The van der Waals surface area contributed by atoms with E-state index in [1.165, 1.54) is 17.8 Å². The van der Waals surface area contributed by atoms with Crippen molar-refractivity contribution in [3.8, 4) is 17.1 Å². The van der Waals surface area contributed by atoms with Crippen LogP contribution in [0.25, 0.3) is 11.4 Å². The minimum absolute atomic E-state index is 0.238. The maximum atomic E-state index is 13.8. The molecule has 7 heteroatoms. The molecule has 0 saturated carbocycles. The van der Waals surface area contributed by atoms with Gasteiger partial charge in [-0.15, -0.1) is 5.10 Å². The predicted octanol–water partition coefficient (Wildman–Crippen LogP) is 4.67. The molecule has 0 saturated heterocycles. The number of nitrogens with one attached hydrogen (secondary N) is 1. The van der Waals surface area contributed by atoms with Crippen molar-refractivity contribution in [2.45, 2.75) is 10.9 Å². The second kappa shape index (κ2) is 7.14. The van der Waals surface area contributed by atoms with Crippen molar-refractivity contribution in [3.63, 3.8) is 0 Å². The maximum absolute atomic E-state index is 13.8. The van der Waals surface area contributed by atoms with Crippen molar-refractivity contribution in [1.29, 1.82) is 0 Å². The van der Waals surface area contributed by atoms with Crippen LogP contribution in [-0.2, 0) is 5.75 Å². The van der Waals surface area contributed by atoms with Crippen LogP contribution in [0.3, 0.4) is 0 Å². The van der Waals surface area contributed by atoms with E-state index in [0.717, 1.165) is 15.8 Å². The molecule has 23 heavy (non-hydrogen) atoms. The molecule has 0 bridgehead atoms.